The van der Waals surface area contributed by atoms with Gasteiger partial charge in [0.2, 0.25) is 0 Å². The molecule has 0 fully saturated rings. The Balaban J connectivity index is 1.93. The molecule has 2 heterocycles. The Morgan fingerprint density at radius 1 is 1.62 bits per heavy atom. The summed E-state index contributed by atoms with van der Waals surface area (Å²) in [7, 11) is 4.21. The van der Waals surface area contributed by atoms with Crippen molar-refractivity contribution in [2.24, 2.45) is 4.99 Å². The minimum atomic E-state index is 0.399. The predicted molar refractivity (Wildman–Crippen MR) is 69.1 cm³/mol. The SMILES string of the molecule is CN(C)C(CNC1=NCCN1)c1ccsc1. The van der Waals surface area contributed by atoms with Gasteiger partial charge >= 0.3 is 0 Å². The standard InChI is InChI=1S/C11H18N4S/c1-15(2)10(9-3-6-16-8-9)7-14-11-12-4-5-13-11/h3,6,8,10H,4-5,7H2,1-2H3,(H2,12,13,14). The largest absolute Gasteiger partial charge is 0.355 e. The molecule has 1 unspecified atom stereocenters. The second-order valence-corrected chi connectivity index (χ2v) is 4.85. The fraction of sp³-hybridized carbons (Fsp3) is 0.545. The van der Waals surface area contributed by atoms with Crippen LogP contribution < -0.4 is 10.6 Å². The molecule has 4 nitrogen and oxygen atoms in total. The molecule has 0 aromatic carbocycles. The summed E-state index contributed by atoms with van der Waals surface area (Å²) < 4.78 is 0. The van der Waals surface area contributed by atoms with Crippen LogP contribution in [0.15, 0.2) is 21.8 Å². The van der Waals surface area contributed by atoms with Crippen molar-refractivity contribution in [2.45, 2.75) is 6.04 Å². The lowest BCUT2D eigenvalue weighted by Gasteiger charge is -2.24. The van der Waals surface area contributed by atoms with E-state index >= 15 is 0 Å². The Bertz CT molecular complexity index is 345. The molecule has 1 aromatic rings. The van der Waals surface area contributed by atoms with Crippen LogP contribution in [-0.4, -0.2) is 44.6 Å². The van der Waals surface area contributed by atoms with Crippen LogP contribution in [0.3, 0.4) is 0 Å². The number of aliphatic imine (C=N–C) groups is 1. The van der Waals surface area contributed by atoms with Crippen molar-refractivity contribution in [1.29, 1.82) is 0 Å². The van der Waals surface area contributed by atoms with Gasteiger partial charge in [-0.25, -0.2) is 0 Å². The van der Waals surface area contributed by atoms with Gasteiger partial charge in [-0.2, -0.15) is 11.3 Å². The Morgan fingerprint density at radius 3 is 3.06 bits per heavy atom. The quantitative estimate of drug-likeness (QED) is 0.819. The topological polar surface area (TPSA) is 39.7 Å². The van der Waals surface area contributed by atoms with Gasteiger partial charge in [-0.15, -0.1) is 0 Å². The van der Waals surface area contributed by atoms with E-state index in [1.54, 1.807) is 11.3 Å². The molecule has 1 aromatic heterocycles. The highest BCUT2D eigenvalue weighted by Crippen LogP contribution is 2.19. The summed E-state index contributed by atoms with van der Waals surface area (Å²) in [5.74, 6) is 0.932. The highest BCUT2D eigenvalue weighted by Gasteiger charge is 2.15. The van der Waals surface area contributed by atoms with Crippen molar-refractivity contribution in [3.05, 3.63) is 22.4 Å². The van der Waals surface area contributed by atoms with E-state index in [1.165, 1.54) is 5.56 Å². The van der Waals surface area contributed by atoms with Crippen LogP contribution in [-0.2, 0) is 0 Å². The fourth-order valence-electron chi connectivity index (χ4n) is 1.77. The Labute approximate surface area is 100 Å². The number of likely N-dealkylation sites (N-methyl/N-ethyl adjacent to an activating group) is 1. The molecular formula is C11H18N4S. The lowest BCUT2D eigenvalue weighted by atomic mass is 10.1. The summed E-state index contributed by atoms with van der Waals surface area (Å²) in [5.41, 5.74) is 1.36. The molecule has 2 N–H and O–H groups in total. The monoisotopic (exact) mass is 238 g/mol. The van der Waals surface area contributed by atoms with Gasteiger partial charge in [-0.05, 0) is 36.5 Å². The van der Waals surface area contributed by atoms with Crippen LogP contribution in [0.4, 0.5) is 0 Å². The Kier molecular flexibility index (Phi) is 3.79. The molecule has 0 saturated heterocycles. The number of thiophene rings is 1. The number of hydrogen-bond donors (Lipinski definition) is 2. The predicted octanol–water partition coefficient (Wildman–Crippen LogP) is 0.900. The zero-order valence-electron chi connectivity index (χ0n) is 9.73. The van der Waals surface area contributed by atoms with E-state index in [0.717, 1.165) is 25.6 Å². The maximum Gasteiger partial charge on any atom is 0.191 e. The second-order valence-electron chi connectivity index (χ2n) is 4.07. The maximum absolute atomic E-state index is 4.33. The lowest BCUT2D eigenvalue weighted by Crippen LogP contribution is -2.39. The number of nitrogens with zero attached hydrogens (tertiary/aromatic N) is 2. The van der Waals surface area contributed by atoms with Crippen molar-refractivity contribution < 1.29 is 0 Å². The fourth-order valence-corrected chi connectivity index (χ4v) is 2.48. The van der Waals surface area contributed by atoms with E-state index in [1.807, 2.05) is 0 Å². The minimum Gasteiger partial charge on any atom is -0.355 e. The van der Waals surface area contributed by atoms with Gasteiger partial charge in [0, 0.05) is 13.1 Å². The zero-order valence-corrected chi connectivity index (χ0v) is 10.5. The smallest absolute Gasteiger partial charge is 0.191 e. The summed E-state index contributed by atoms with van der Waals surface area (Å²) in [6.45, 7) is 2.72. The third-order valence-corrected chi connectivity index (χ3v) is 3.39. The van der Waals surface area contributed by atoms with Crippen LogP contribution in [0.25, 0.3) is 0 Å². The van der Waals surface area contributed by atoms with Gasteiger partial charge in [-0.1, -0.05) is 0 Å². The molecule has 0 spiro atoms. The summed E-state index contributed by atoms with van der Waals surface area (Å²) in [4.78, 5) is 6.55. The van der Waals surface area contributed by atoms with Crippen LogP contribution in [0.2, 0.25) is 0 Å². The molecular weight excluding hydrogens is 220 g/mol. The minimum absolute atomic E-state index is 0.399. The summed E-state index contributed by atoms with van der Waals surface area (Å²) in [5, 5.41) is 10.9. The molecule has 1 aliphatic rings. The van der Waals surface area contributed by atoms with Gasteiger partial charge in [0.1, 0.15) is 0 Å². The lowest BCUT2D eigenvalue weighted by molar-refractivity contribution is 0.299. The molecule has 0 bridgehead atoms. The third-order valence-electron chi connectivity index (χ3n) is 2.69. The van der Waals surface area contributed by atoms with Gasteiger partial charge in [0.25, 0.3) is 0 Å². The molecule has 1 atom stereocenters. The molecule has 0 saturated carbocycles. The summed E-state index contributed by atoms with van der Waals surface area (Å²) in [6.07, 6.45) is 0. The first-order chi connectivity index (χ1) is 7.77. The van der Waals surface area contributed by atoms with Crippen LogP contribution in [0.5, 0.6) is 0 Å². The normalized spacial score (nSPS) is 17.1. The average molecular weight is 238 g/mol. The van der Waals surface area contributed by atoms with Gasteiger partial charge in [-0.3, -0.25) is 4.99 Å². The maximum atomic E-state index is 4.33. The highest BCUT2D eigenvalue weighted by atomic mass is 32.1. The van der Waals surface area contributed by atoms with E-state index in [0.29, 0.717) is 6.04 Å². The Morgan fingerprint density at radius 2 is 2.50 bits per heavy atom. The molecule has 2 rings (SSSR count). The van der Waals surface area contributed by atoms with Gasteiger partial charge < -0.3 is 15.5 Å². The van der Waals surface area contributed by atoms with Crippen molar-refractivity contribution >= 4 is 17.3 Å². The molecule has 0 radical (unpaired) electrons. The van der Waals surface area contributed by atoms with Crippen molar-refractivity contribution in [3.8, 4) is 0 Å². The Hall–Kier alpha value is -1.07. The van der Waals surface area contributed by atoms with E-state index in [4.69, 9.17) is 0 Å². The first-order valence-electron chi connectivity index (χ1n) is 5.48. The number of nitrogens with one attached hydrogen (secondary N) is 2. The number of hydrogen-bond acceptors (Lipinski definition) is 5. The van der Waals surface area contributed by atoms with E-state index in [2.05, 4.69) is 51.4 Å². The van der Waals surface area contributed by atoms with E-state index in [9.17, 15) is 0 Å². The first kappa shape index (κ1) is 11.4. The van der Waals surface area contributed by atoms with Crippen LogP contribution >= 0.6 is 11.3 Å². The highest BCUT2D eigenvalue weighted by molar-refractivity contribution is 7.07. The van der Waals surface area contributed by atoms with E-state index < -0.39 is 0 Å². The van der Waals surface area contributed by atoms with Crippen LogP contribution in [0.1, 0.15) is 11.6 Å². The molecule has 5 heteroatoms. The summed E-state index contributed by atoms with van der Waals surface area (Å²) >= 11 is 1.74. The number of rotatable bonds is 4. The molecule has 16 heavy (non-hydrogen) atoms. The summed E-state index contributed by atoms with van der Waals surface area (Å²) in [6, 6.07) is 2.58. The van der Waals surface area contributed by atoms with Crippen molar-refractivity contribution in [3.63, 3.8) is 0 Å². The molecule has 0 amide bonds. The molecule has 88 valence electrons. The number of guanidine groups is 1. The van der Waals surface area contributed by atoms with Crippen molar-refractivity contribution in [2.75, 3.05) is 33.7 Å². The first-order valence-corrected chi connectivity index (χ1v) is 6.42. The second kappa shape index (κ2) is 5.32. The van der Waals surface area contributed by atoms with Gasteiger partial charge in [0.05, 0.1) is 12.6 Å². The van der Waals surface area contributed by atoms with Crippen molar-refractivity contribution in [1.82, 2.24) is 15.5 Å². The molecule has 1 aliphatic heterocycles. The molecule has 0 aliphatic carbocycles. The average Bonchev–Trinajstić information content (AvgIpc) is 2.88. The third kappa shape index (κ3) is 2.74. The zero-order chi connectivity index (χ0) is 11.4. The van der Waals surface area contributed by atoms with Crippen LogP contribution in [0, 0.1) is 0 Å². The van der Waals surface area contributed by atoms with E-state index in [-0.39, 0.29) is 0 Å². The van der Waals surface area contributed by atoms with Gasteiger partial charge in [0.15, 0.2) is 5.96 Å².